The number of hydrogen-bond donors (Lipinski definition) is 0. The van der Waals surface area contributed by atoms with Gasteiger partial charge in [-0.25, -0.2) is 4.90 Å². The first kappa shape index (κ1) is 26.0. The summed E-state index contributed by atoms with van der Waals surface area (Å²) in [5.74, 6) is 0.432. The summed E-state index contributed by atoms with van der Waals surface area (Å²) >= 11 is 2.17. The normalized spacial score (nSPS) is 16.1. The summed E-state index contributed by atoms with van der Waals surface area (Å²) in [6.45, 7) is 6.26. The lowest BCUT2D eigenvalue weighted by Crippen LogP contribution is -2.47. The zero-order chi connectivity index (χ0) is 25.0. The van der Waals surface area contributed by atoms with Crippen LogP contribution in [-0.4, -0.2) is 49.4 Å². The first-order chi connectivity index (χ1) is 16.0. The topological polar surface area (TPSA) is 76.2 Å². The minimum Gasteiger partial charge on any atom is -0.493 e. The van der Waals surface area contributed by atoms with Gasteiger partial charge in [0.2, 0.25) is 11.8 Å². The maximum atomic E-state index is 13.4. The number of carbonyl (C=O) groups excluding carboxylic acids is 3. The molecule has 2 aromatic carbocycles. The summed E-state index contributed by atoms with van der Waals surface area (Å²) in [6.07, 6.45) is 0.769. The molecule has 182 valence electrons. The molecule has 0 aliphatic carbocycles. The highest BCUT2D eigenvalue weighted by molar-refractivity contribution is 14.1. The van der Waals surface area contributed by atoms with E-state index in [4.69, 9.17) is 9.47 Å². The summed E-state index contributed by atoms with van der Waals surface area (Å²) in [5.41, 5.74) is 1.22. The van der Waals surface area contributed by atoms with Gasteiger partial charge in [0.25, 0.3) is 5.91 Å². The second-order valence-corrected chi connectivity index (χ2v) is 10.8. The maximum Gasteiger partial charge on any atom is 0.257 e. The zero-order valence-corrected chi connectivity index (χ0v) is 22.4. The molecule has 0 radical (unpaired) electrons. The molecule has 1 atom stereocenters. The summed E-state index contributed by atoms with van der Waals surface area (Å²) in [5, 5.41) is 0. The molecule has 3 amide bonds. The van der Waals surface area contributed by atoms with Crippen LogP contribution in [0.15, 0.2) is 42.5 Å². The zero-order valence-electron chi connectivity index (χ0n) is 20.3. The van der Waals surface area contributed by atoms with Gasteiger partial charge in [-0.1, -0.05) is 26.8 Å². The summed E-state index contributed by atoms with van der Waals surface area (Å²) < 4.78 is 11.7. The van der Waals surface area contributed by atoms with Gasteiger partial charge < -0.3 is 14.4 Å². The molecule has 0 N–H and O–H groups in total. The fraction of sp³-hybridized carbons (Fsp3) is 0.423. The number of imide groups is 1. The van der Waals surface area contributed by atoms with Crippen molar-refractivity contribution in [2.24, 2.45) is 5.41 Å². The molecular formula is C26H31IN2O5. The van der Waals surface area contributed by atoms with Crippen molar-refractivity contribution in [3.05, 3.63) is 51.6 Å². The van der Waals surface area contributed by atoms with Crippen molar-refractivity contribution in [3.8, 4) is 11.5 Å². The van der Waals surface area contributed by atoms with Gasteiger partial charge in [-0.05, 0) is 76.4 Å². The van der Waals surface area contributed by atoms with Crippen molar-refractivity contribution in [1.29, 1.82) is 0 Å². The number of ether oxygens (including phenoxy) is 2. The highest BCUT2D eigenvalue weighted by atomic mass is 127. The van der Waals surface area contributed by atoms with Gasteiger partial charge >= 0.3 is 0 Å². The molecule has 1 aliphatic heterocycles. The Morgan fingerprint density at radius 3 is 2.29 bits per heavy atom. The first-order valence-corrected chi connectivity index (χ1v) is 12.2. The van der Waals surface area contributed by atoms with Crippen molar-refractivity contribution in [3.63, 3.8) is 0 Å². The number of hydrogen-bond acceptors (Lipinski definition) is 5. The molecule has 7 nitrogen and oxygen atoms in total. The molecule has 0 aromatic heterocycles. The first-order valence-electron chi connectivity index (χ1n) is 11.2. The van der Waals surface area contributed by atoms with Crippen molar-refractivity contribution in [1.82, 2.24) is 4.90 Å². The molecule has 0 bridgehead atoms. The van der Waals surface area contributed by atoms with E-state index in [1.807, 2.05) is 51.1 Å². The Labute approximate surface area is 214 Å². The van der Waals surface area contributed by atoms with E-state index in [9.17, 15) is 14.4 Å². The lowest BCUT2D eigenvalue weighted by molar-refractivity contribution is -0.139. The fourth-order valence-corrected chi connectivity index (χ4v) is 4.38. The molecule has 34 heavy (non-hydrogen) atoms. The van der Waals surface area contributed by atoms with Gasteiger partial charge in [0.15, 0.2) is 11.5 Å². The van der Waals surface area contributed by atoms with Gasteiger partial charge in [0, 0.05) is 16.5 Å². The van der Waals surface area contributed by atoms with E-state index < -0.39 is 6.04 Å². The molecule has 1 saturated heterocycles. The summed E-state index contributed by atoms with van der Waals surface area (Å²) in [6, 6.07) is 12.0. The third-order valence-corrected chi connectivity index (χ3v) is 6.39. The Balaban J connectivity index is 1.86. The molecule has 2 aromatic rings. The number of anilines is 1. The monoisotopic (exact) mass is 578 g/mol. The molecule has 0 saturated carbocycles. The number of carbonyl (C=O) groups is 3. The van der Waals surface area contributed by atoms with E-state index in [2.05, 4.69) is 22.6 Å². The van der Waals surface area contributed by atoms with Gasteiger partial charge in [-0.3, -0.25) is 14.4 Å². The van der Waals surface area contributed by atoms with Crippen LogP contribution in [0.1, 0.15) is 39.2 Å². The lowest BCUT2D eigenvalue weighted by atomic mass is 9.91. The third-order valence-electron chi connectivity index (χ3n) is 5.68. The van der Waals surface area contributed by atoms with Crippen LogP contribution >= 0.6 is 22.6 Å². The molecule has 8 heteroatoms. The van der Waals surface area contributed by atoms with Crippen LogP contribution in [0, 0.1) is 8.99 Å². The van der Waals surface area contributed by atoms with Crippen LogP contribution in [0.2, 0.25) is 0 Å². The number of benzene rings is 2. The number of methoxy groups -OCH3 is 2. The smallest absolute Gasteiger partial charge is 0.257 e. The lowest BCUT2D eigenvalue weighted by Gasteiger charge is -2.30. The minimum absolute atomic E-state index is 0.0212. The highest BCUT2D eigenvalue weighted by Gasteiger charge is 2.44. The molecular weight excluding hydrogens is 547 g/mol. The maximum absolute atomic E-state index is 13.4. The highest BCUT2D eigenvalue weighted by Crippen LogP contribution is 2.30. The van der Waals surface area contributed by atoms with Gasteiger partial charge in [-0.2, -0.15) is 0 Å². The minimum atomic E-state index is -0.818. The van der Waals surface area contributed by atoms with E-state index in [0.29, 0.717) is 30.2 Å². The van der Waals surface area contributed by atoms with Crippen LogP contribution in [0.3, 0.4) is 0 Å². The number of nitrogens with zero attached hydrogens (tertiary/aromatic N) is 2. The third kappa shape index (κ3) is 6.08. The quantitative estimate of drug-likeness (QED) is 0.342. The van der Waals surface area contributed by atoms with Crippen LogP contribution in [-0.2, 0) is 20.8 Å². The number of halogens is 1. The average molecular weight is 578 g/mol. The molecule has 3 rings (SSSR count). The van der Waals surface area contributed by atoms with Crippen molar-refractivity contribution >= 4 is 46.0 Å². The predicted molar refractivity (Wildman–Crippen MR) is 139 cm³/mol. The Kier molecular flexibility index (Phi) is 8.22. The second kappa shape index (κ2) is 10.8. The van der Waals surface area contributed by atoms with Crippen LogP contribution in [0.4, 0.5) is 5.69 Å². The summed E-state index contributed by atoms with van der Waals surface area (Å²) in [7, 11) is 3.15. The van der Waals surface area contributed by atoms with E-state index in [-0.39, 0.29) is 36.0 Å². The van der Waals surface area contributed by atoms with Gasteiger partial charge in [0.1, 0.15) is 6.04 Å². The molecule has 1 heterocycles. The van der Waals surface area contributed by atoms with Gasteiger partial charge in [-0.15, -0.1) is 0 Å². The van der Waals surface area contributed by atoms with Crippen molar-refractivity contribution in [2.45, 2.75) is 46.1 Å². The Hall–Kier alpha value is -2.62. The van der Waals surface area contributed by atoms with Crippen LogP contribution in [0.25, 0.3) is 0 Å². The van der Waals surface area contributed by atoms with E-state index in [1.165, 1.54) is 4.90 Å². The molecule has 1 unspecified atom stereocenters. The number of rotatable bonds is 8. The van der Waals surface area contributed by atoms with Crippen LogP contribution in [0.5, 0.6) is 11.5 Å². The average Bonchev–Trinajstić information content (AvgIpc) is 3.07. The van der Waals surface area contributed by atoms with E-state index in [1.54, 1.807) is 31.3 Å². The van der Waals surface area contributed by atoms with Crippen LogP contribution < -0.4 is 14.4 Å². The molecule has 1 aliphatic rings. The fourth-order valence-electron chi connectivity index (χ4n) is 4.02. The number of amides is 3. The van der Waals surface area contributed by atoms with Crippen molar-refractivity contribution < 1.29 is 23.9 Å². The predicted octanol–water partition coefficient (Wildman–Crippen LogP) is 4.45. The Bertz CT molecular complexity index is 1060. The largest absolute Gasteiger partial charge is 0.493 e. The van der Waals surface area contributed by atoms with Crippen molar-refractivity contribution in [2.75, 3.05) is 25.7 Å². The Morgan fingerprint density at radius 1 is 1.06 bits per heavy atom. The van der Waals surface area contributed by atoms with E-state index in [0.717, 1.165) is 9.13 Å². The molecule has 1 fully saturated rings. The Morgan fingerprint density at radius 2 is 1.71 bits per heavy atom. The molecule has 0 spiro atoms. The standard InChI is InChI=1S/C26H31IN2O5/c1-26(2,3)16-24(31)28(13-12-17-6-11-21(33-4)22(14-17)34-5)20-15-23(30)29(25(20)32)19-9-7-18(27)8-10-19/h6-11,14,20H,12-13,15-16H2,1-5H3. The van der Waals surface area contributed by atoms with E-state index >= 15 is 0 Å². The SMILES string of the molecule is COc1ccc(CCN(C(=O)CC(C)(C)C)C2CC(=O)N(c3ccc(I)cc3)C2=O)cc1OC. The summed E-state index contributed by atoms with van der Waals surface area (Å²) in [4.78, 5) is 42.3. The van der Waals surface area contributed by atoms with Gasteiger partial charge in [0.05, 0.1) is 26.3 Å². The second-order valence-electron chi connectivity index (χ2n) is 9.53.